The van der Waals surface area contributed by atoms with Crippen molar-refractivity contribution in [2.45, 2.75) is 19.0 Å². The number of benzene rings is 1. The van der Waals surface area contributed by atoms with E-state index in [1.165, 1.54) is 6.26 Å². The maximum atomic E-state index is 12.3. The van der Waals surface area contributed by atoms with Gasteiger partial charge in [0.05, 0.1) is 17.7 Å². The smallest absolute Gasteiger partial charge is 0.416 e. The zero-order chi connectivity index (χ0) is 14.6. The maximum absolute atomic E-state index is 12.3. The number of esters is 1. The molecule has 2 rings (SSSR count). The molecule has 1 aromatic carbocycles. The Kier molecular flexibility index (Phi) is 4.07. The largest absolute Gasteiger partial charge is 0.427 e. The number of alkyl halides is 3. The van der Waals surface area contributed by atoms with Gasteiger partial charge >= 0.3 is 12.1 Å². The van der Waals surface area contributed by atoms with Gasteiger partial charge in [0.15, 0.2) is 0 Å². The second-order valence-electron chi connectivity index (χ2n) is 3.99. The van der Waals surface area contributed by atoms with Gasteiger partial charge in [0.2, 0.25) is 0 Å². The van der Waals surface area contributed by atoms with E-state index < -0.39 is 17.7 Å². The molecule has 20 heavy (non-hydrogen) atoms. The Labute approximate surface area is 112 Å². The quantitative estimate of drug-likeness (QED) is 0.639. The highest BCUT2D eigenvalue weighted by Crippen LogP contribution is 2.30. The molecule has 0 aliphatic rings. The second-order valence-corrected chi connectivity index (χ2v) is 3.99. The van der Waals surface area contributed by atoms with E-state index in [0.717, 1.165) is 24.3 Å². The van der Waals surface area contributed by atoms with Gasteiger partial charge < -0.3 is 9.26 Å². The van der Waals surface area contributed by atoms with E-state index in [-0.39, 0.29) is 12.2 Å². The lowest BCUT2D eigenvalue weighted by atomic mass is 10.2. The maximum Gasteiger partial charge on any atom is 0.416 e. The van der Waals surface area contributed by atoms with Crippen LogP contribution in [-0.4, -0.2) is 11.1 Å². The van der Waals surface area contributed by atoms with Crippen LogP contribution in [0.25, 0.3) is 0 Å². The minimum absolute atomic E-state index is 0.0631. The first kappa shape index (κ1) is 14.1. The fourth-order valence-corrected chi connectivity index (χ4v) is 1.49. The standard InChI is InChI=1S/C13H10F3NO3/c14-13(15,16)9-1-4-11(5-2-9)20-12(18)6-3-10-7-8-19-17-10/h1-2,4-5,7-8H,3,6H2. The van der Waals surface area contributed by atoms with Gasteiger partial charge in [-0.15, -0.1) is 0 Å². The predicted octanol–water partition coefficient (Wildman–Crippen LogP) is 3.23. The molecule has 4 nitrogen and oxygen atoms in total. The van der Waals surface area contributed by atoms with Gasteiger partial charge in [0.1, 0.15) is 12.0 Å². The summed E-state index contributed by atoms with van der Waals surface area (Å²) in [6, 6.07) is 5.56. The molecule has 1 heterocycles. The number of halogens is 3. The van der Waals surface area contributed by atoms with E-state index in [1.54, 1.807) is 6.07 Å². The van der Waals surface area contributed by atoms with Crippen LogP contribution < -0.4 is 4.74 Å². The van der Waals surface area contributed by atoms with E-state index in [4.69, 9.17) is 4.74 Å². The van der Waals surface area contributed by atoms with Gasteiger partial charge in [-0.3, -0.25) is 4.79 Å². The zero-order valence-corrected chi connectivity index (χ0v) is 10.2. The molecular formula is C13H10F3NO3. The van der Waals surface area contributed by atoms with Crippen molar-refractivity contribution < 1.29 is 27.2 Å². The normalized spacial score (nSPS) is 11.3. The molecule has 1 aromatic heterocycles. The van der Waals surface area contributed by atoms with E-state index in [1.807, 2.05) is 0 Å². The number of hydrogen-bond acceptors (Lipinski definition) is 4. The lowest BCUT2D eigenvalue weighted by Crippen LogP contribution is -2.10. The number of aromatic nitrogens is 1. The van der Waals surface area contributed by atoms with Gasteiger partial charge in [0.25, 0.3) is 0 Å². The van der Waals surface area contributed by atoms with Crippen molar-refractivity contribution >= 4 is 5.97 Å². The van der Waals surface area contributed by atoms with Crippen LogP contribution in [0.2, 0.25) is 0 Å². The van der Waals surface area contributed by atoms with E-state index >= 15 is 0 Å². The van der Waals surface area contributed by atoms with Gasteiger partial charge in [0, 0.05) is 12.5 Å². The minimum atomic E-state index is -4.41. The first-order chi connectivity index (χ1) is 9.45. The Morgan fingerprint density at radius 2 is 1.90 bits per heavy atom. The van der Waals surface area contributed by atoms with Crippen LogP contribution in [0.15, 0.2) is 41.1 Å². The summed E-state index contributed by atoms with van der Waals surface area (Å²) in [5, 5.41) is 3.63. The van der Waals surface area contributed by atoms with Crippen LogP contribution in [0.5, 0.6) is 5.75 Å². The average molecular weight is 285 g/mol. The number of carbonyl (C=O) groups is 1. The van der Waals surface area contributed by atoms with Crippen LogP contribution in [0.1, 0.15) is 17.7 Å². The number of rotatable bonds is 4. The molecule has 0 N–H and O–H groups in total. The number of carbonyl (C=O) groups excluding carboxylic acids is 1. The van der Waals surface area contributed by atoms with Crippen molar-refractivity contribution in [2.75, 3.05) is 0 Å². The summed E-state index contributed by atoms with van der Waals surface area (Å²) in [6.45, 7) is 0. The summed E-state index contributed by atoms with van der Waals surface area (Å²) < 4.78 is 46.5. The highest BCUT2D eigenvalue weighted by atomic mass is 19.4. The Hall–Kier alpha value is -2.31. The third kappa shape index (κ3) is 3.84. The Balaban J connectivity index is 1.88. The summed E-state index contributed by atoms with van der Waals surface area (Å²) >= 11 is 0. The third-order valence-corrected chi connectivity index (χ3v) is 2.49. The molecule has 0 fully saturated rings. The van der Waals surface area contributed by atoms with Crippen molar-refractivity contribution in [3.63, 3.8) is 0 Å². The molecule has 0 unspecified atom stereocenters. The predicted molar refractivity (Wildman–Crippen MR) is 61.9 cm³/mol. The average Bonchev–Trinajstić information content (AvgIpc) is 2.89. The minimum Gasteiger partial charge on any atom is -0.427 e. The zero-order valence-electron chi connectivity index (χ0n) is 10.2. The van der Waals surface area contributed by atoms with Gasteiger partial charge in [-0.25, -0.2) is 0 Å². The summed E-state index contributed by atoms with van der Waals surface area (Å²) in [5.41, 5.74) is -0.186. The van der Waals surface area contributed by atoms with Crippen LogP contribution in [0.4, 0.5) is 13.2 Å². The molecule has 7 heteroatoms. The molecule has 0 atom stereocenters. The second kappa shape index (κ2) is 5.77. The third-order valence-electron chi connectivity index (χ3n) is 2.49. The number of nitrogens with zero attached hydrogens (tertiary/aromatic N) is 1. The van der Waals surface area contributed by atoms with Crippen LogP contribution in [-0.2, 0) is 17.4 Å². The summed E-state index contributed by atoms with van der Waals surface area (Å²) in [5.74, 6) is -0.476. The number of aryl methyl sites for hydroxylation is 1. The van der Waals surface area contributed by atoms with Gasteiger partial charge in [-0.2, -0.15) is 13.2 Å². The highest BCUT2D eigenvalue weighted by molar-refractivity contribution is 5.72. The Morgan fingerprint density at radius 1 is 1.20 bits per heavy atom. The fourth-order valence-electron chi connectivity index (χ4n) is 1.49. The van der Waals surface area contributed by atoms with Crippen LogP contribution in [0, 0.1) is 0 Å². The van der Waals surface area contributed by atoms with Crippen molar-refractivity contribution in [3.05, 3.63) is 47.9 Å². The molecule has 0 aliphatic carbocycles. The Bertz CT molecular complexity index is 562. The van der Waals surface area contributed by atoms with Crippen molar-refractivity contribution in [1.29, 1.82) is 0 Å². The molecule has 0 saturated carbocycles. The highest BCUT2D eigenvalue weighted by Gasteiger charge is 2.30. The summed E-state index contributed by atoms with van der Waals surface area (Å²) in [4.78, 5) is 11.5. The van der Waals surface area contributed by atoms with Crippen molar-refractivity contribution in [3.8, 4) is 5.75 Å². The molecule has 0 saturated heterocycles. The lowest BCUT2D eigenvalue weighted by molar-refractivity contribution is -0.137. The molecular weight excluding hydrogens is 275 g/mol. The Morgan fingerprint density at radius 3 is 2.45 bits per heavy atom. The molecule has 0 amide bonds. The van der Waals surface area contributed by atoms with Crippen LogP contribution >= 0.6 is 0 Å². The van der Waals surface area contributed by atoms with E-state index in [0.29, 0.717) is 12.1 Å². The summed E-state index contributed by atoms with van der Waals surface area (Å²) in [6.07, 6.45) is -2.62. The lowest BCUT2D eigenvalue weighted by Gasteiger charge is -2.07. The first-order valence-corrected chi connectivity index (χ1v) is 5.72. The molecule has 0 spiro atoms. The van der Waals surface area contributed by atoms with Crippen molar-refractivity contribution in [1.82, 2.24) is 5.16 Å². The van der Waals surface area contributed by atoms with Crippen LogP contribution in [0.3, 0.4) is 0 Å². The molecule has 106 valence electrons. The van der Waals surface area contributed by atoms with Gasteiger partial charge in [-0.05, 0) is 24.3 Å². The van der Waals surface area contributed by atoms with E-state index in [2.05, 4.69) is 9.68 Å². The SMILES string of the molecule is O=C(CCc1ccon1)Oc1ccc(C(F)(F)F)cc1. The summed E-state index contributed by atoms with van der Waals surface area (Å²) in [7, 11) is 0. The topological polar surface area (TPSA) is 52.3 Å². The fraction of sp³-hybridized carbons (Fsp3) is 0.231. The number of hydrogen-bond donors (Lipinski definition) is 0. The molecule has 0 aliphatic heterocycles. The monoisotopic (exact) mass is 285 g/mol. The molecule has 2 aromatic rings. The number of ether oxygens (including phenoxy) is 1. The van der Waals surface area contributed by atoms with Crippen molar-refractivity contribution in [2.24, 2.45) is 0 Å². The first-order valence-electron chi connectivity index (χ1n) is 5.72. The van der Waals surface area contributed by atoms with Gasteiger partial charge in [-0.1, -0.05) is 5.16 Å². The molecule has 0 bridgehead atoms. The van der Waals surface area contributed by atoms with E-state index in [9.17, 15) is 18.0 Å². The molecule has 0 radical (unpaired) electrons.